The highest BCUT2D eigenvalue weighted by atomic mass is 79.9. The number of anilines is 2. The van der Waals surface area contributed by atoms with Crippen LogP contribution in [0.5, 0.6) is 0 Å². The maximum Gasteiger partial charge on any atom is 0.243 e. The molecule has 0 heterocycles. The molecule has 0 bridgehead atoms. The molecule has 0 aliphatic heterocycles. The zero-order valence-corrected chi connectivity index (χ0v) is 12.6. The van der Waals surface area contributed by atoms with E-state index in [1.807, 2.05) is 12.1 Å². The maximum absolute atomic E-state index is 13.5. The van der Waals surface area contributed by atoms with Crippen LogP contribution in [-0.4, -0.2) is 12.5 Å². The minimum absolute atomic E-state index is 0.0366. The number of halogens is 3. The van der Waals surface area contributed by atoms with Gasteiger partial charge in [0.15, 0.2) is 0 Å². The summed E-state index contributed by atoms with van der Waals surface area (Å²) >= 11 is 8.97. The van der Waals surface area contributed by atoms with E-state index < -0.39 is 5.82 Å². The van der Waals surface area contributed by atoms with Gasteiger partial charge in [-0.15, -0.1) is 0 Å². The monoisotopic (exact) mass is 356 g/mol. The molecule has 0 saturated carbocycles. The van der Waals surface area contributed by atoms with E-state index in [0.29, 0.717) is 10.7 Å². The van der Waals surface area contributed by atoms with Gasteiger partial charge in [-0.25, -0.2) is 4.39 Å². The molecule has 2 aromatic carbocycles. The Bertz CT molecular complexity index is 636. The molecular formula is C14H11BrClFN2O. The van der Waals surface area contributed by atoms with Gasteiger partial charge in [0.05, 0.1) is 12.2 Å². The van der Waals surface area contributed by atoms with Gasteiger partial charge in [0.25, 0.3) is 0 Å². The second kappa shape index (κ2) is 6.72. The minimum Gasteiger partial charge on any atom is -0.374 e. The lowest BCUT2D eigenvalue weighted by atomic mass is 10.3. The lowest BCUT2D eigenvalue weighted by Gasteiger charge is -2.09. The highest BCUT2D eigenvalue weighted by Gasteiger charge is 2.06. The Labute approximate surface area is 129 Å². The van der Waals surface area contributed by atoms with Crippen molar-refractivity contribution in [3.05, 3.63) is 57.8 Å². The number of amides is 1. The Morgan fingerprint density at radius 3 is 2.75 bits per heavy atom. The van der Waals surface area contributed by atoms with Gasteiger partial charge in [-0.1, -0.05) is 33.6 Å². The first-order chi connectivity index (χ1) is 9.54. The molecule has 0 aromatic heterocycles. The van der Waals surface area contributed by atoms with E-state index in [0.717, 1.165) is 4.47 Å². The Kier molecular flexibility index (Phi) is 4.98. The van der Waals surface area contributed by atoms with E-state index in [1.165, 1.54) is 12.1 Å². The summed E-state index contributed by atoms with van der Waals surface area (Å²) in [7, 11) is 0. The van der Waals surface area contributed by atoms with Crippen molar-refractivity contribution in [3.63, 3.8) is 0 Å². The average Bonchev–Trinajstić information content (AvgIpc) is 2.37. The third kappa shape index (κ3) is 4.21. The first-order valence-corrected chi connectivity index (χ1v) is 6.96. The zero-order valence-electron chi connectivity index (χ0n) is 10.3. The molecule has 0 aliphatic carbocycles. The van der Waals surface area contributed by atoms with Gasteiger partial charge in [0, 0.05) is 15.2 Å². The van der Waals surface area contributed by atoms with Crippen molar-refractivity contribution in [1.29, 1.82) is 0 Å². The molecule has 20 heavy (non-hydrogen) atoms. The standard InChI is InChI=1S/C14H11BrClFN2O/c15-9-2-1-3-11(6-9)19-14(20)8-18-13-5-4-10(16)7-12(13)17/h1-7,18H,8H2,(H,19,20). The predicted molar refractivity (Wildman–Crippen MR) is 82.7 cm³/mol. The summed E-state index contributed by atoms with van der Waals surface area (Å²) in [6.45, 7) is -0.0366. The molecule has 104 valence electrons. The van der Waals surface area contributed by atoms with Crippen LogP contribution in [0.2, 0.25) is 5.02 Å². The summed E-state index contributed by atoms with van der Waals surface area (Å²) in [6, 6.07) is 11.5. The van der Waals surface area contributed by atoms with Crippen LogP contribution in [-0.2, 0) is 4.79 Å². The van der Waals surface area contributed by atoms with Gasteiger partial charge in [0.2, 0.25) is 5.91 Å². The molecule has 1 amide bonds. The SMILES string of the molecule is O=C(CNc1ccc(Cl)cc1F)Nc1cccc(Br)c1. The summed E-state index contributed by atoms with van der Waals surface area (Å²) < 4.78 is 14.4. The maximum atomic E-state index is 13.5. The molecule has 0 spiro atoms. The lowest BCUT2D eigenvalue weighted by Crippen LogP contribution is -2.22. The van der Waals surface area contributed by atoms with E-state index in [4.69, 9.17) is 11.6 Å². The summed E-state index contributed by atoms with van der Waals surface area (Å²) in [5.74, 6) is -0.759. The zero-order chi connectivity index (χ0) is 14.5. The van der Waals surface area contributed by atoms with Gasteiger partial charge in [-0.2, -0.15) is 0 Å². The fourth-order valence-corrected chi connectivity index (χ4v) is 2.14. The molecule has 2 aromatic rings. The van der Waals surface area contributed by atoms with Crippen molar-refractivity contribution in [2.24, 2.45) is 0 Å². The van der Waals surface area contributed by atoms with Crippen LogP contribution in [0.1, 0.15) is 0 Å². The molecule has 0 saturated heterocycles. The fourth-order valence-electron chi connectivity index (χ4n) is 1.58. The third-order valence-electron chi connectivity index (χ3n) is 2.48. The Morgan fingerprint density at radius 2 is 2.05 bits per heavy atom. The van der Waals surface area contributed by atoms with Gasteiger partial charge in [-0.3, -0.25) is 4.79 Å². The normalized spacial score (nSPS) is 10.2. The van der Waals surface area contributed by atoms with Crippen LogP contribution in [0, 0.1) is 5.82 Å². The van der Waals surface area contributed by atoms with E-state index in [9.17, 15) is 9.18 Å². The predicted octanol–water partition coefficient (Wildman–Crippen LogP) is 4.29. The number of rotatable bonds is 4. The van der Waals surface area contributed by atoms with Gasteiger partial charge < -0.3 is 10.6 Å². The molecule has 6 heteroatoms. The fraction of sp³-hybridized carbons (Fsp3) is 0.0714. The van der Waals surface area contributed by atoms with Gasteiger partial charge in [0.1, 0.15) is 5.82 Å². The number of nitrogens with one attached hydrogen (secondary N) is 2. The van der Waals surface area contributed by atoms with Crippen molar-refractivity contribution >= 4 is 44.8 Å². The van der Waals surface area contributed by atoms with Crippen LogP contribution in [0.25, 0.3) is 0 Å². The van der Waals surface area contributed by atoms with Crippen molar-refractivity contribution in [2.45, 2.75) is 0 Å². The molecule has 0 fully saturated rings. The second-order valence-electron chi connectivity index (χ2n) is 4.04. The third-order valence-corrected chi connectivity index (χ3v) is 3.21. The quantitative estimate of drug-likeness (QED) is 0.857. The summed E-state index contributed by atoms with van der Waals surface area (Å²) in [6.07, 6.45) is 0. The number of carbonyl (C=O) groups excluding carboxylic acids is 1. The highest BCUT2D eigenvalue weighted by Crippen LogP contribution is 2.19. The van der Waals surface area contributed by atoms with Crippen LogP contribution in [0.3, 0.4) is 0 Å². The van der Waals surface area contributed by atoms with Crippen LogP contribution < -0.4 is 10.6 Å². The van der Waals surface area contributed by atoms with Crippen LogP contribution in [0.4, 0.5) is 15.8 Å². The van der Waals surface area contributed by atoms with Gasteiger partial charge in [-0.05, 0) is 36.4 Å². The van der Waals surface area contributed by atoms with Crippen molar-refractivity contribution in [2.75, 3.05) is 17.2 Å². The van der Waals surface area contributed by atoms with E-state index in [-0.39, 0.29) is 18.1 Å². The van der Waals surface area contributed by atoms with E-state index >= 15 is 0 Å². The molecule has 0 atom stereocenters. The summed E-state index contributed by atoms with van der Waals surface area (Å²) in [5, 5.41) is 5.73. The molecule has 0 radical (unpaired) electrons. The smallest absolute Gasteiger partial charge is 0.243 e. The first kappa shape index (κ1) is 14.8. The Morgan fingerprint density at radius 1 is 1.25 bits per heavy atom. The summed E-state index contributed by atoms with van der Waals surface area (Å²) in [4.78, 5) is 11.7. The highest BCUT2D eigenvalue weighted by molar-refractivity contribution is 9.10. The number of hydrogen-bond acceptors (Lipinski definition) is 2. The lowest BCUT2D eigenvalue weighted by molar-refractivity contribution is -0.114. The van der Waals surface area contributed by atoms with Crippen molar-refractivity contribution in [3.8, 4) is 0 Å². The van der Waals surface area contributed by atoms with E-state index in [2.05, 4.69) is 26.6 Å². The number of hydrogen-bond donors (Lipinski definition) is 2. The summed E-state index contributed by atoms with van der Waals surface area (Å²) in [5.41, 5.74) is 0.904. The Balaban J connectivity index is 1.92. The van der Waals surface area contributed by atoms with Gasteiger partial charge >= 0.3 is 0 Å². The molecule has 2 rings (SSSR count). The van der Waals surface area contributed by atoms with Crippen molar-refractivity contribution in [1.82, 2.24) is 0 Å². The first-order valence-electron chi connectivity index (χ1n) is 5.79. The molecule has 0 unspecified atom stereocenters. The van der Waals surface area contributed by atoms with E-state index in [1.54, 1.807) is 18.2 Å². The molecule has 0 aliphatic rings. The minimum atomic E-state index is -0.493. The average molecular weight is 358 g/mol. The van der Waals surface area contributed by atoms with Crippen LogP contribution in [0.15, 0.2) is 46.9 Å². The van der Waals surface area contributed by atoms with Crippen molar-refractivity contribution < 1.29 is 9.18 Å². The number of carbonyl (C=O) groups is 1. The molecule has 2 N–H and O–H groups in total. The topological polar surface area (TPSA) is 41.1 Å². The number of benzene rings is 2. The second-order valence-corrected chi connectivity index (χ2v) is 5.39. The largest absolute Gasteiger partial charge is 0.374 e. The molecular weight excluding hydrogens is 347 g/mol. The van der Waals surface area contributed by atoms with Crippen LogP contribution >= 0.6 is 27.5 Å². The molecule has 3 nitrogen and oxygen atoms in total. The Hall–Kier alpha value is -1.59.